The first kappa shape index (κ1) is 18.8. The zero-order valence-electron chi connectivity index (χ0n) is 15.0. The topological polar surface area (TPSA) is 26.3 Å². The average Bonchev–Trinajstić information content (AvgIpc) is 2.66. The van der Waals surface area contributed by atoms with Crippen LogP contribution in [0.4, 0.5) is 0 Å². The van der Waals surface area contributed by atoms with E-state index in [-0.39, 0.29) is 20.9 Å². The van der Waals surface area contributed by atoms with Gasteiger partial charge in [-0.15, -0.1) is 0 Å². The van der Waals surface area contributed by atoms with Crippen LogP contribution in [0.25, 0.3) is 0 Å². The SMILES string of the molecule is COC(=O)c1c(Sc2ccccc2)cc(C)c([Se]c2ccccc2)c1C. The Bertz CT molecular complexity index is 908. The number of benzene rings is 3. The molecule has 0 aromatic heterocycles. The summed E-state index contributed by atoms with van der Waals surface area (Å²) in [4.78, 5) is 14.6. The number of aryl methyl sites for hydroxylation is 1. The van der Waals surface area contributed by atoms with Gasteiger partial charge in [-0.1, -0.05) is 0 Å². The molecule has 0 atom stereocenters. The fourth-order valence-corrected chi connectivity index (χ4v) is 5.97. The quantitative estimate of drug-likeness (QED) is 0.457. The van der Waals surface area contributed by atoms with E-state index in [1.54, 1.807) is 11.8 Å². The van der Waals surface area contributed by atoms with Crippen LogP contribution >= 0.6 is 11.8 Å². The molecule has 0 heterocycles. The van der Waals surface area contributed by atoms with E-state index in [0.717, 1.165) is 15.4 Å². The van der Waals surface area contributed by atoms with Gasteiger partial charge in [0.2, 0.25) is 0 Å². The molecule has 0 saturated carbocycles. The normalized spacial score (nSPS) is 10.6. The minimum absolute atomic E-state index is 0.147. The Balaban J connectivity index is 2.07. The monoisotopic (exact) mass is 428 g/mol. The van der Waals surface area contributed by atoms with Crippen LogP contribution in [-0.4, -0.2) is 28.0 Å². The zero-order valence-corrected chi connectivity index (χ0v) is 17.5. The molecule has 4 heteroatoms. The Morgan fingerprint density at radius 1 is 0.962 bits per heavy atom. The van der Waals surface area contributed by atoms with Crippen LogP contribution in [0.1, 0.15) is 21.5 Å². The van der Waals surface area contributed by atoms with Crippen LogP contribution in [0.5, 0.6) is 0 Å². The van der Waals surface area contributed by atoms with Crippen molar-refractivity contribution in [2.24, 2.45) is 0 Å². The third-order valence-electron chi connectivity index (χ3n) is 3.99. The standard InChI is InChI=1S/C22H20O2SSe/c1-15-14-19(25-17-10-6-4-7-11-17)20(22(23)24-3)16(2)21(15)26-18-12-8-5-9-13-18/h4-14H,1-3H3. The van der Waals surface area contributed by atoms with Crippen molar-refractivity contribution in [3.05, 3.63) is 83.4 Å². The van der Waals surface area contributed by atoms with Gasteiger partial charge in [-0.2, -0.15) is 0 Å². The van der Waals surface area contributed by atoms with Crippen molar-refractivity contribution in [3.63, 3.8) is 0 Å². The Morgan fingerprint density at radius 2 is 1.58 bits per heavy atom. The predicted octanol–water partition coefficient (Wildman–Crippen LogP) is 3.90. The number of methoxy groups -OCH3 is 1. The molecule has 0 radical (unpaired) electrons. The summed E-state index contributed by atoms with van der Waals surface area (Å²) in [5.41, 5.74) is 2.93. The maximum atomic E-state index is 12.5. The zero-order chi connectivity index (χ0) is 18.5. The molecule has 0 saturated heterocycles. The Hall–Kier alpha value is -2.00. The van der Waals surface area contributed by atoms with E-state index in [2.05, 4.69) is 49.4 Å². The van der Waals surface area contributed by atoms with Crippen molar-refractivity contribution < 1.29 is 9.53 Å². The molecule has 0 spiro atoms. The molecule has 3 rings (SSSR count). The predicted molar refractivity (Wildman–Crippen MR) is 109 cm³/mol. The van der Waals surface area contributed by atoms with Gasteiger partial charge in [-0.25, -0.2) is 0 Å². The third-order valence-corrected chi connectivity index (χ3v) is 7.85. The molecule has 132 valence electrons. The van der Waals surface area contributed by atoms with Crippen molar-refractivity contribution in [3.8, 4) is 0 Å². The second kappa shape index (κ2) is 8.59. The van der Waals surface area contributed by atoms with E-state index in [4.69, 9.17) is 4.74 Å². The van der Waals surface area contributed by atoms with Crippen molar-refractivity contribution >= 4 is 41.6 Å². The number of carbonyl (C=O) groups excluding carboxylic acids is 1. The van der Waals surface area contributed by atoms with E-state index in [9.17, 15) is 4.79 Å². The van der Waals surface area contributed by atoms with E-state index in [1.165, 1.54) is 21.6 Å². The number of hydrogen-bond donors (Lipinski definition) is 0. The van der Waals surface area contributed by atoms with Gasteiger partial charge in [-0.3, -0.25) is 0 Å². The first-order chi connectivity index (χ1) is 12.6. The summed E-state index contributed by atoms with van der Waals surface area (Å²) in [5, 5.41) is 0. The van der Waals surface area contributed by atoms with Gasteiger partial charge in [0.05, 0.1) is 0 Å². The van der Waals surface area contributed by atoms with Crippen LogP contribution in [0.3, 0.4) is 0 Å². The van der Waals surface area contributed by atoms with Gasteiger partial charge in [0.25, 0.3) is 0 Å². The van der Waals surface area contributed by atoms with Gasteiger partial charge in [0, 0.05) is 0 Å². The van der Waals surface area contributed by atoms with Gasteiger partial charge in [0.1, 0.15) is 0 Å². The Kier molecular flexibility index (Phi) is 6.20. The minimum atomic E-state index is -0.272. The molecule has 0 aliphatic carbocycles. The van der Waals surface area contributed by atoms with Crippen LogP contribution < -0.4 is 8.92 Å². The summed E-state index contributed by atoms with van der Waals surface area (Å²) in [6, 6.07) is 22.7. The molecule has 0 N–H and O–H groups in total. The second-order valence-corrected chi connectivity index (χ2v) is 9.23. The van der Waals surface area contributed by atoms with Crippen LogP contribution in [0.15, 0.2) is 76.5 Å². The number of ether oxygens (including phenoxy) is 1. The molecule has 0 unspecified atom stereocenters. The molecule has 0 aliphatic rings. The van der Waals surface area contributed by atoms with E-state index in [1.807, 2.05) is 31.2 Å². The Morgan fingerprint density at radius 3 is 2.19 bits per heavy atom. The van der Waals surface area contributed by atoms with Crippen molar-refractivity contribution in [2.45, 2.75) is 23.6 Å². The molecule has 3 aromatic rings. The van der Waals surface area contributed by atoms with Gasteiger partial charge < -0.3 is 0 Å². The summed E-state index contributed by atoms with van der Waals surface area (Å²) < 4.78 is 7.64. The summed E-state index contributed by atoms with van der Waals surface area (Å²) in [7, 11) is 1.45. The molecule has 3 aromatic carbocycles. The molecule has 0 amide bonds. The average molecular weight is 427 g/mol. The maximum absolute atomic E-state index is 12.5. The van der Waals surface area contributed by atoms with Crippen LogP contribution in [0.2, 0.25) is 0 Å². The summed E-state index contributed by atoms with van der Waals surface area (Å²) in [6.07, 6.45) is 0. The molecule has 0 fully saturated rings. The van der Waals surface area contributed by atoms with Crippen molar-refractivity contribution in [1.82, 2.24) is 0 Å². The molecular weight excluding hydrogens is 407 g/mol. The van der Waals surface area contributed by atoms with Gasteiger partial charge >= 0.3 is 165 Å². The first-order valence-corrected chi connectivity index (χ1v) is 10.8. The number of carbonyl (C=O) groups is 1. The van der Waals surface area contributed by atoms with Crippen molar-refractivity contribution in [2.75, 3.05) is 7.11 Å². The molecule has 0 bridgehead atoms. The number of hydrogen-bond acceptors (Lipinski definition) is 3. The summed E-state index contributed by atoms with van der Waals surface area (Å²) in [5.74, 6) is -0.272. The van der Waals surface area contributed by atoms with Crippen LogP contribution in [0, 0.1) is 13.8 Å². The van der Waals surface area contributed by atoms with Crippen LogP contribution in [-0.2, 0) is 4.74 Å². The van der Waals surface area contributed by atoms with E-state index < -0.39 is 0 Å². The fraction of sp³-hybridized carbons (Fsp3) is 0.136. The summed E-state index contributed by atoms with van der Waals surface area (Å²) >= 11 is 1.75. The molecule has 26 heavy (non-hydrogen) atoms. The third kappa shape index (κ3) is 4.21. The number of esters is 1. The molecule has 0 aliphatic heterocycles. The van der Waals surface area contributed by atoms with Crippen molar-refractivity contribution in [1.29, 1.82) is 0 Å². The summed E-state index contributed by atoms with van der Waals surface area (Å²) in [6.45, 7) is 4.16. The molecular formula is C22H20O2SSe. The van der Waals surface area contributed by atoms with Gasteiger partial charge in [-0.05, 0) is 0 Å². The van der Waals surface area contributed by atoms with Gasteiger partial charge in [0.15, 0.2) is 0 Å². The van der Waals surface area contributed by atoms with E-state index in [0.29, 0.717) is 5.56 Å². The second-order valence-electron chi connectivity index (χ2n) is 5.84. The fourth-order valence-electron chi connectivity index (χ4n) is 2.74. The van der Waals surface area contributed by atoms with E-state index >= 15 is 0 Å². The Labute approximate surface area is 165 Å². The number of rotatable bonds is 5. The first-order valence-electron chi connectivity index (χ1n) is 8.28. The molecule has 2 nitrogen and oxygen atoms in total.